The van der Waals surface area contributed by atoms with Gasteiger partial charge in [-0.3, -0.25) is 14.6 Å². The molecule has 0 spiro atoms. The summed E-state index contributed by atoms with van der Waals surface area (Å²) >= 11 is 6.46. The summed E-state index contributed by atoms with van der Waals surface area (Å²) in [6.07, 6.45) is 2.80. The molecule has 0 unspecified atom stereocenters. The molecule has 8 nitrogen and oxygen atoms in total. The standard InChI is InChI=1S/C28H27BFN5O3S2/c29-35-11-9-18(16-35)15-32-27(37)24-14-21-26(40-24)23(8-10-31-21)38-22-7-6-19(13-20(22)30)33-28(39)34-25(36)12-17-4-2-1-3-5-17/h1-8,10,13-14,18H,9,11-12,15-16,29H2,(H,32,37)(H2,33,34,36,39)/t18-/m1/s1. The topological polar surface area (TPSA) is 95.6 Å². The Hall–Kier alpha value is -3.87. The molecule has 0 bridgehead atoms. The number of hydrogen-bond donors (Lipinski definition) is 3. The lowest BCUT2D eigenvalue weighted by atomic mass is 10.1. The molecule has 1 fully saturated rings. The van der Waals surface area contributed by atoms with Crippen molar-refractivity contribution in [3.05, 3.63) is 83.1 Å². The number of ether oxygens (including phenoxy) is 1. The molecule has 2 aromatic heterocycles. The number of pyridine rings is 1. The predicted molar refractivity (Wildman–Crippen MR) is 161 cm³/mol. The van der Waals surface area contributed by atoms with Crippen LogP contribution in [-0.2, 0) is 11.2 Å². The summed E-state index contributed by atoms with van der Waals surface area (Å²) < 4.78 is 21.5. The lowest BCUT2D eigenvalue weighted by Crippen LogP contribution is -2.35. The van der Waals surface area contributed by atoms with Gasteiger partial charge >= 0.3 is 0 Å². The van der Waals surface area contributed by atoms with Crippen LogP contribution in [0.1, 0.15) is 21.7 Å². The molecule has 3 N–H and O–H groups in total. The molecule has 0 radical (unpaired) electrons. The Morgan fingerprint density at radius 3 is 2.73 bits per heavy atom. The van der Waals surface area contributed by atoms with Gasteiger partial charge in [-0.2, -0.15) is 0 Å². The van der Waals surface area contributed by atoms with Gasteiger partial charge < -0.3 is 25.5 Å². The van der Waals surface area contributed by atoms with Crippen molar-refractivity contribution >= 4 is 64.4 Å². The first kappa shape index (κ1) is 27.7. The zero-order valence-electron chi connectivity index (χ0n) is 21.8. The largest absolute Gasteiger partial charge is 0.453 e. The van der Waals surface area contributed by atoms with Crippen LogP contribution in [0, 0.1) is 11.7 Å². The summed E-state index contributed by atoms with van der Waals surface area (Å²) in [5, 5.41) is 8.50. The number of carbonyl (C=O) groups is 2. The second-order valence-corrected chi connectivity index (χ2v) is 11.1. The first-order valence-corrected chi connectivity index (χ1v) is 14.0. The molecule has 4 aromatic rings. The molecule has 1 atom stereocenters. The molecule has 0 saturated carbocycles. The number of halogens is 1. The number of thiocarbonyl (C=S) groups is 1. The number of nitrogens with zero attached hydrogens (tertiary/aromatic N) is 2. The molecule has 1 saturated heterocycles. The van der Waals surface area contributed by atoms with Gasteiger partial charge in [0.05, 0.1) is 21.5 Å². The molecule has 204 valence electrons. The third kappa shape index (κ3) is 7.01. The van der Waals surface area contributed by atoms with Crippen molar-refractivity contribution in [3.63, 3.8) is 0 Å². The van der Waals surface area contributed by atoms with E-state index in [1.54, 1.807) is 24.4 Å². The zero-order valence-corrected chi connectivity index (χ0v) is 23.4. The third-order valence-electron chi connectivity index (χ3n) is 6.51. The average Bonchev–Trinajstić information content (AvgIpc) is 3.56. The highest BCUT2D eigenvalue weighted by atomic mass is 32.1. The van der Waals surface area contributed by atoms with Crippen LogP contribution >= 0.6 is 23.6 Å². The molecule has 40 heavy (non-hydrogen) atoms. The van der Waals surface area contributed by atoms with Gasteiger partial charge in [0.25, 0.3) is 5.91 Å². The minimum Gasteiger partial charge on any atom is -0.453 e. The molecule has 5 rings (SSSR count). The SMILES string of the molecule is BN1CC[C@H](CNC(=O)c2cc3nccc(Oc4ccc(NC(=S)NC(=O)Cc5ccccc5)cc4F)c3s2)C1. The molecular formula is C28H27BFN5O3S2. The smallest absolute Gasteiger partial charge is 0.261 e. The molecule has 0 aliphatic carbocycles. The lowest BCUT2D eigenvalue weighted by Gasteiger charge is -2.12. The molecule has 2 amide bonds. The Balaban J connectivity index is 1.20. The number of rotatable bonds is 8. The summed E-state index contributed by atoms with van der Waals surface area (Å²) in [5.41, 5.74) is 1.82. The summed E-state index contributed by atoms with van der Waals surface area (Å²) in [7, 11) is 2.08. The summed E-state index contributed by atoms with van der Waals surface area (Å²) in [5.74, 6) is -0.209. The highest BCUT2D eigenvalue weighted by Gasteiger charge is 2.21. The van der Waals surface area contributed by atoms with E-state index in [9.17, 15) is 14.0 Å². The van der Waals surface area contributed by atoms with E-state index in [4.69, 9.17) is 17.0 Å². The number of hydrogen-bond acceptors (Lipinski definition) is 7. The Labute approximate surface area is 241 Å². The van der Waals surface area contributed by atoms with E-state index >= 15 is 0 Å². The second-order valence-electron chi connectivity index (χ2n) is 9.67. The minimum atomic E-state index is -0.621. The third-order valence-corrected chi connectivity index (χ3v) is 7.85. The molecule has 2 aromatic carbocycles. The van der Waals surface area contributed by atoms with Crippen LogP contribution in [0.15, 0.2) is 66.9 Å². The first-order chi connectivity index (χ1) is 19.3. The maximum atomic E-state index is 15.0. The highest BCUT2D eigenvalue weighted by molar-refractivity contribution is 7.80. The van der Waals surface area contributed by atoms with Gasteiger partial charge in [0.1, 0.15) is 5.75 Å². The van der Waals surface area contributed by atoms with E-state index in [1.807, 2.05) is 30.3 Å². The average molecular weight is 576 g/mol. The van der Waals surface area contributed by atoms with Crippen LogP contribution in [0.5, 0.6) is 11.5 Å². The quantitative estimate of drug-likeness (QED) is 0.217. The lowest BCUT2D eigenvalue weighted by molar-refractivity contribution is -0.119. The van der Waals surface area contributed by atoms with Crippen LogP contribution in [0.4, 0.5) is 10.1 Å². The van der Waals surface area contributed by atoms with Gasteiger partial charge in [0, 0.05) is 30.6 Å². The van der Waals surface area contributed by atoms with Gasteiger partial charge in [-0.1, -0.05) is 30.3 Å². The zero-order chi connectivity index (χ0) is 28.1. The van der Waals surface area contributed by atoms with E-state index in [-0.39, 0.29) is 29.1 Å². The predicted octanol–water partition coefficient (Wildman–Crippen LogP) is 3.88. The van der Waals surface area contributed by atoms with Crippen LogP contribution < -0.4 is 20.7 Å². The normalized spacial score (nSPS) is 15.1. The van der Waals surface area contributed by atoms with Crippen LogP contribution in [0.25, 0.3) is 10.2 Å². The fraction of sp³-hybridized carbons (Fsp3) is 0.214. The Kier molecular flexibility index (Phi) is 8.68. The fourth-order valence-electron chi connectivity index (χ4n) is 4.52. The van der Waals surface area contributed by atoms with Crippen LogP contribution in [0.3, 0.4) is 0 Å². The van der Waals surface area contributed by atoms with Crippen molar-refractivity contribution in [1.82, 2.24) is 20.4 Å². The molecule has 1 aliphatic heterocycles. The van der Waals surface area contributed by atoms with Gasteiger partial charge in [-0.15, -0.1) is 11.3 Å². The van der Waals surface area contributed by atoms with E-state index in [1.165, 1.54) is 23.5 Å². The highest BCUT2D eigenvalue weighted by Crippen LogP contribution is 2.36. The summed E-state index contributed by atoms with van der Waals surface area (Å²) in [6, 6.07) is 16.9. The Bertz CT molecular complexity index is 1550. The van der Waals surface area contributed by atoms with Crippen molar-refractivity contribution < 1.29 is 18.7 Å². The van der Waals surface area contributed by atoms with Gasteiger partial charge in [-0.25, -0.2) is 4.39 Å². The molecule has 3 heterocycles. The number of aromatic nitrogens is 1. The van der Waals surface area contributed by atoms with Crippen LogP contribution in [-0.4, -0.2) is 54.3 Å². The number of anilines is 1. The van der Waals surface area contributed by atoms with Gasteiger partial charge in [0.15, 0.2) is 24.7 Å². The van der Waals surface area contributed by atoms with Crippen molar-refractivity contribution in [2.45, 2.75) is 12.8 Å². The molecule has 1 aliphatic rings. The molecule has 12 heteroatoms. The fourth-order valence-corrected chi connectivity index (χ4v) is 5.73. The second kappa shape index (κ2) is 12.5. The monoisotopic (exact) mass is 575 g/mol. The molecular weight excluding hydrogens is 548 g/mol. The van der Waals surface area contributed by atoms with Crippen molar-refractivity contribution in [1.29, 1.82) is 0 Å². The number of amides is 2. The number of nitrogens with one attached hydrogen (secondary N) is 3. The van der Waals surface area contributed by atoms with E-state index in [2.05, 4.69) is 33.7 Å². The van der Waals surface area contributed by atoms with Crippen molar-refractivity contribution in [3.8, 4) is 11.5 Å². The van der Waals surface area contributed by atoms with Crippen LogP contribution in [0.2, 0.25) is 0 Å². The number of carbonyl (C=O) groups excluding carboxylic acids is 2. The van der Waals surface area contributed by atoms with Gasteiger partial charge in [0.2, 0.25) is 5.91 Å². The van der Waals surface area contributed by atoms with Crippen molar-refractivity contribution in [2.75, 3.05) is 25.0 Å². The summed E-state index contributed by atoms with van der Waals surface area (Å²) in [4.78, 5) is 32.1. The number of fused-ring (bicyclic) bond motifs is 1. The van der Waals surface area contributed by atoms with E-state index in [0.29, 0.717) is 39.0 Å². The Morgan fingerprint density at radius 1 is 1.15 bits per heavy atom. The number of benzene rings is 2. The Morgan fingerprint density at radius 2 is 1.98 bits per heavy atom. The first-order valence-electron chi connectivity index (χ1n) is 12.8. The van der Waals surface area contributed by atoms with E-state index < -0.39 is 5.82 Å². The maximum absolute atomic E-state index is 15.0. The maximum Gasteiger partial charge on any atom is 0.261 e. The van der Waals surface area contributed by atoms with E-state index in [0.717, 1.165) is 25.1 Å². The van der Waals surface area contributed by atoms with Gasteiger partial charge in [-0.05, 0) is 61.4 Å². The minimum absolute atomic E-state index is 0.00170. The summed E-state index contributed by atoms with van der Waals surface area (Å²) in [6.45, 7) is 2.64. The number of thiophene rings is 1. The van der Waals surface area contributed by atoms with Crippen molar-refractivity contribution in [2.24, 2.45) is 5.92 Å².